The fourth-order valence-electron chi connectivity index (χ4n) is 3.01. The molecule has 17 heavy (non-hydrogen) atoms. The van der Waals surface area contributed by atoms with Gasteiger partial charge in [-0.2, -0.15) is 0 Å². The monoisotopic (exact) mass is 229 g/mol. The van der Waals surface area contributed by atoms with E-state index in [1.54, 1.807) is 12.3 Å². The Morgan fingerprint density at radius 2 is 2.12 bits per heavy atom. The van der Waals surface area contributed by atoms with Crippen molar-refractivity contribution >= 4 is 12.0 Å². The maximum Gasteiger partial charge on any atom is 0.336 e. The zero-order valence-corrected chi connectivity index (χ0v) is 9.65. The van der Waals surface area contributed by atoms with Gasteiger partial charge in [-0.05, 0) is 42.9 Å². The molecule has 1 saturated carbocycles. The van der Waals surface area contributed by atoms with E-state index in [9.17, 15) is 4.79 Å². The van der Waals surface area contributed by atoms with E-state index < -0.39 is 5.97 Å². The lowest BCUT2D eigenvalue weighted by Crippen LogP contribution is -2.05. The third-order valence-corrected chi connectivity index (χ3v) is 3.90. The van der Waals surface area contributed by atoms with Gasteiger partial charge < -0.3 is 5.11 Å². The second kappa shape index (κ2) is 3.99. The molecule has 0 radical (unpaired) electrons. The molecule has 1 N–H and O–H groups in total. The van der Waals surface area contributed by atoms with E-state index in [1.165, 1.54) is 31.3 Å². The van der Waals surface area contributed by atoms with Gasteiger partial charge in [0.15, 0.2) is 0 Å². The average molecular weight is 229 g/mol. The maximum atomic E-state index is 11.1. The SMILES string of the molecule is O=C(O)c1ccnc2c1CC(C1CCCC1)=C2. The van der Waals surface area contributed by atoms with Crippen LogP contribution in [0.3, 0.4) is 0 Å². The third-order valence-electron chi connectivity index (χ3n) is 3.90. The largest absolute Gasteiger partial charge is 0.478 e. The van der Waals surface area contributed by atoms with Gasteiger partial charge >= 0.3 is 5.97 Å². The topological polar surface area (TPSA) is 50.2 Å². The quantitative estimate of drug-likeness (QED) is 0.848. The van der Waals surface area contributed by atoms with Crippen molar-refractivity contribution in [2.45, 2.75) is 32.1 Å². The second-order valence-electron chi connectivity index (χ2n) is 4.90. The molecule has 2 aliphatic rings. The van der Waals surface area contributed by atoms with Crippen molar-refractivity contribution in [2.24, 2.45) is 5.92 Å². The lowest BCUT2D eigenvalue weighted by atomic mass is 9.95. The van der Waals surface area contributed by atoms with Crippen molar-refractivity contribution in [3.05, 3.63) is 34.7 Å². The summed E-state index contributed by atoms with van der Waals surface area (Å²) in [5.41, 5.74) is 3.58. The van der Waals surface area contributed by atoms with E-state index in [1.807, 2.05) is 0 Å². The number of nitrogens with zero attached hydrogens (tertiary/aromatic N) is 1. The van der Waals surface area contributed by atoms with Gasteiger partial charge in [-0.25, -0.2) is 4.79 Å². The Morgan fingerprint density at radius 1 is 1.35 bits per heavy atom. The molecule has 0 spiro atoms. The number of rotatable bonds is 2. The zero-order chi connectivity index (χ0) is 11.8. The first-order valence-electron chi connectivity index (χ1n) is 6.17. The number of carboxylic acids is 1. The van der Waals surface area contributed by atoms with E-state index in [-0.39, 0.29) is 0 Å². The van der Waals surface area contributed by atoms with E-state index in [0.29, 0.717) is 11.5 Å². The van der Waals surface area contributed by atoms with Crippen LogP contribution in [0.1, 0.15) is 47.3 Å². The summed E-state index contributed by atoms with van der Waals surface area (Å²) in [6.45, 7) is 0. The summed E-state index contributed by atoms with van der Waals surface area (Å²) in [5, 5.41) is 9.15. The Balaban J connectivity index is 1.93. The van der Waals surface area contributed by atoms with Crippen LogP contribution >= 0.6 is 0 Å². The molecule has 1 heterocycles. The van der Waals surface area contributed by atoms with Gasteiger partial charge in [0.25, 0.3) is 0 Å². The van der Waals surface area contributed by atoms with Crippen molar-refractivity contribution in [1.29, 1.82) is 0 Å². The summed E-state index contributed by atoms with van der Waals surface area (Å²) in [7, 11) is 0. The number of pyridine rings is 1. The summed E-state index contributed by atoms with van der Waals surface area (Å²) in [6.07, 6.45) is 9.60. The van der Waals surface area contributed by atoms with Crippen LogP contribution in [0.2, 0.25) is 0 Å². The Kier molecular flexibility index (Phi) is 2.46. The third kappa shape index (κ3) is 1.75. The molecule has 0 unspecified atom stereocenters. The lowest BCUT2D eigenvalue weighted by molar-refractivity contribution is 0.0695. The number of aromatic nitrogens is 1. The molecule has 3 heteroatoms. The molecule has 0 amide bonds. The molecule has 88 valence electrons. The minimum Gasteiger partial charge on any atom is -0.478 e. The Morgan fingerprint density at radius 3 is 2.82 bits per heavy atom. The zero-order valence-electron chi connectivity index (χ0n) is 9.65. The second-order valence-corrected chi connectivity index (χ2v) is 4.90. The molecule has 1 fully saturated rings. The molecule has 3 nitrogen and oxygen atoms in total. The number of carboxylic acid groups (broad SMARTS) is 1. The van der Waals surface area contributed by atoms with Crippen LogP contribution in [-0.2, 0) is 6.42 Å². The van der Waals surface area contributed by atoms with Crippen molar-refractivity contribution < 1.29 is 9.90 Å². The first-order valence-corrected chi connectivity index (χ1v) is 6.17. The van der Waals surface area contributed by atoms with Gasteiger partial charge in [-0.15, -0.1) is 0 Å². The number of allylic oxidation sites excluding steroid dienone is 1. The molecule has 1 aromatic rings. The summed E-state index contributed by atoms with van der Waals surface area (Å²) in [6, 6.07) is 1.60. The molecule has 3 rings (SSSR count). The van der Waals surface area contributed by atoms with Crippen LogP contribution in [0.4, 0.5) is 0 Å². The number of aromatic carboxylic acids is 1. The van der Waals surface area contributed by atoms with Crippen molar-refractivity contribution in [3.63, 3.8) is 0 Å². The highest BCUT2D eigenvalue weighted by Gasteiger charge is 2.26. The standard InChI is InChI=1S/C14H15NO2/c16-14(17)11-5-6-15-13-8-10(7-12(11)13)9-3-1-2-4-9/h5-6,8-9H,1-4,7H2,(H,16,17). The number of hydrogen-bond acceptors (Lipinski definition) is 2. The molecule has 2 aliphatic carbocycles. The minimum atomic E-state index is -0.843. The normalized spacial score (nSPS) is 19.2. The van der Waals surface area contributed by atoms with Crippen LogP contribution in [-0.4, -0.2) is 16.1 Å². The molecule has 0 aromatic carbocycles. The predicted molar refractivity (Wildman–Crippen MR) is 64.8 cm³/mol. The predicted octanol–water partition coefficient (Wildman–Crippen LogP) is 2.91. The molecule has 1 aromatic heterocycles. The highest BCUT2D eigenvalue weighted by atomic mass is 16.4. The first kappa shape index (κ1) is 10.5. The Labute approximate surface area is 100 Å². The number of hydrogen-bond donors (Lipinski definition) is 1. The van der Waals surface area contributed by atoms with Gasteiger partial charge in [-0.1, -0.05) is 18.4 Å². The van der Waals surface area contributed by atoms with Crippen LogP contribution in [0, 0.1) is 5.92 Å². The lowest BCUT2D eigenvalue weighted by Gasteiger charge is -2.10. The van der Waals surface area contributed by atoms with Gasteiger partial charge in [0.1, 0.15) is 0 Å². The molecule has 0 atom stereocenters. The van der Waals surface area contributed by atoms with Crippen molar-refractivity contribution in [2.75, 3.05) is 0 Å². The molecule has 0 aliphatic heterocycles. The van der Waals surface area contributed by atoms with Gasteiger partial charge in [-0.3, -0.25) is 4.98 Å². The van der Waals surface area contributed by atoms with Crippen LogP contribution < -0.4 is 0 Å². The van der Waals surface area contributed by atoms with E-state index in [0.717, 1.165) is 17.7 Å². The molecule has 0 bridgehead atoms. The summed E-state index contributed by atoms with van der Waals surface area (Å²) in [5.74, 6) is -0.185. The Bertz CT molecular complexity index is 499. The van der Waals surface area contributed by atoms with E-state index in [2.05, 4.69) is 11.1 Å². The summed E-state index contributed by atoms with van der Waals surface area (Å²) < 4.78 is 0. The number of fused-ring (bicyclic) bond motifs is 1. The highest BCUT2D eigenvalue weighted by Crippen LogP contribution is 2.38. The summed E-state index contributed by atoms with van der Waals surface area (Å²) >= 11 is 0. The van der Waals surface area contributed by atoms with E-state index >= 15 is 0 Å². The van der Waals surface area contributed by atoms with Crippen molar-refractivity contribution in [3.8, 4) is 0 Å². The van der Waals surface area contributed by atoms with Crippen LogP contribution in [0.5, 0.6) is 0 Å². The molecular formula is C14H15NO2. The fraction of sp³-hybridized carbons (Fsp3) is 0.429. The van der Waals surface area contributed by atoms with Gasteiger partial charge in [0.05, 0.1) is 11.3 Å². The highest BCUT2D eigenvalue weighted by molar-refractivity contribution is 5.91. The van der Waals surface area contributed by atoms with Crippen LogP contribution in [0.25, 0.3) is 6.08 Å². The summed E-state index contributed by atoms with van der Waals surface area (Å²) in [4.78, 5) is 15.4. The smallest absolute Gasteiger partial charge is 0.336 e. The average Bonchev–Trinajstić information content (AvgIpc) is 2.96. The van der Waals surface area contributed by atoms with Crippen LogP contribution in [0.15, 0.2) is 17.8 Å². The fourth-order valence-corrected chi connectivity index (χ4v) is 3.01. The van der Waals surface area contributed by atoms with E-state index in [4.69, 9.17) is 5.11 Å². The Hall–Kier alpha value is -1.64. The maximum absolute atomic E-state index is 11.1. The molecule has 0 saturated heterocycles. The van der Waals surface area contributed by atoms with Gasteiger partial charge in [0.2, 0.25) is 0 Å². The van der Waals surface area contributed by atoms with Gasteiger partial charge in [0, 0.05) is 6.20 Å². The first-order chi connectivity index (χ1) is 8.25. The number of carbonyl (C=O) groups is 1. The molecular weight excluding hydrogens is 214 g/mol. The van der Waals surface area contributed by atoms with Crippen molar-refractivity contribution in [1.82, 2.24) is 4.98 Å². The minimum absolute atomic E-state index is 0.416.